The van der Waals surface area contributed by atoms with Gasteiger partial charge < -0.3 is 20.2 Å². The molecule has 3 aromatic carbocycles. The quantitative estimate of drug-likeness (QED) is 0.397. The molecular formula is C27H22N2O5. The van der Waals surface area contributed by atoms with E-state index >= 15 is 0 Å². The van der Waals surface area contributed by atoms with Gasteiger partial charge in [0.05, 0.1) is 17.0 Å². The lowest BCUT2D eigenvalue weighted by molar-refractivity contribution is 0.0697. The van der Waals surface area contributed by atoms with Crippen LogP contribution in [0.15, 0.2) is 69.9 Å². The highest BCUT2D eigenvalue weighted by Gasteiger charge is 2.21. The number of hydrogen-bond donors (Lipinski definition) is 3. The van der Waals surface area contributed by atoms with Crippen molar-refractivity contribution in [1.29, 1.82) is 0 Å². The van der Waals surface area contributed by atoms with E-state index in [4.69, 9.17) is 4.42 Å². The molecule has 7 heteroatoms. The lowest BCUT2D eigenvalue weighted by atomic mass is 9.99. The molecule has 1 aliphatic rings. The number of carbonyl (C=O) groups is 2. The fourth-order valence-corrected chi connectivity index (χ4v) is 4.39. The van der Waals surface area contributed by atoms with E-state index in [2.05, 4.69) is 10.6 Å². The number of para-hydroxylation sites is 1. The van der Waals surface area contributed by atoms with Crippen LogP contribution < -0.4 is 16.1 Å². The molecule has 0 fully saturated rings. The van der Waals surface area contributed by atoms with Crippen LogP contribution in [-0.4, -0.2) is 17.0 Å². The van der Waals surface area contributed by atoms with Crippen LogP contribution in [0.1, 0.15) is 50.4 Å². The van der Waals surface area contributed by atoms with Crippen molar-refractivity contribution in [2.24, 2.45) is 0 Å². The maximum Gasteiger partial charge on any atom is 0.337 e. The second kappa shape index (κ2) is 8.19. The summed E-state index contributed by atoms with van der Waals surface area (Å²) in [5.74, 6) is -0.730. The van der Waals surface area contributed by atoms with Crippen molar-refractivity contribution < 1.29 is 19.1 Å². The molecule has 34 heavy (non-hydrogen) atoms. The number of amides is 1. The zero-order valence-electron chi connectivity index (χ0n) is 18.6. The van der Waals surface area contributed by atoms with Crippen molar-refractivity contribution >= 4 is 28.5 Å². The third-order valence-corrected chi connectivity index (χ3v) is 6.07. The summed E-state index contributed by atoms with van der Waals surface area (Å²) in [5.41, 5.74) is 4.73. The van der Waals surface area contributed by atoms with Gasteiger partial charge in [-0.15, -0.1) is 0 Å². The number of carboxylic acid groups (broad SMARTS) is 1. The molecule has 1 atom stereocenters. The van der Waals surface area contributed by atoms with E-state index in [0.717, 1.165) is 16.7 Å². The Morgan fingerprint density at radius 3 is 2.68 bits per heavy atom. The van der Waals surface area contributed by atoms with E-state index < -0.39 is 5.97 Å². The van der Waals surface area contributed by atoms with Gasteiger partial charge in [0.25, 0.3) is 5.91 Å². The first kappa shape index (κ1) is 21.5. The highest BCUT2D eigenvalue weighted by atomic mass is 16.4. The van der Waals surface area contributed by atoms with Crippen LogP contribution in [0.5, 0.6) is 0 Å². The number of carbonyl (C=O) groups excluding carboxylic acids is 1. The number of carboxylic acids is 1. The molecule has 3 N–H and O–H groups in total. The summed E-state index contributed by atoms with van der Waals surface area (Å²) < 4.78 is 6.28. The molecule has 1 aliphatic heterocycles. The first-order valence-electron chi connectivity index (χ1n) is 10.9. The number of aryl methyl sites for hydroxylation is 1. The first-order chi connectivity index (χ1) is 16.3. The maximum absolute atomic E-state index is 13.1. The molecule has 4 aromatic rings. The van der Waals surface area contributed by atoms with Crippen molar-refractivity contribution in [1.82, 2.24) is 5.32 Å². The Bertz CT molecular complexity index is 1540. The van der Waals surface area contributed by atoms with Crippen molar-refractivity contribution in [3.63, 3.8) is 0 Å². The number of rotatable bonds is 5. The van der Waals surface area contributed by atoms with Gasteiger partial charge in [0.15, 0.2) is 5.43 Å². The van der Waals surface area contributed by atoms with Gasteiger partial charge in [0, 0.05) is 35.0 Å². The van der Waals surface area contributed by atoms with Crippen molar-refractivity contribution in [2.75, 3.05) is 5.32 Å². The van der Waals surface area contributed by atoms with E-state index in [1.807, 2.05) is 26.0 Å². The Hall–Kier alpha value is -4.39. The summed E-state index contributed by atoms with van der Waals surface area (Å²) in [6, 6.07) is 16.9. The Morgan fingerprint density at radius 2 is 1.88 bits per heavy atom. The number of fused-ring (bicyclic) bond motifs is 2. The predicted octanol–water partition coefficient (Wildman–Crippen LogP) is 4.88. The second-order valence-corrected chi connectivity index (χ2v) is 8.48. The van der Waals surface area contributed by atoms with E-state index in [-0.39, 0.29) is 22.9 Å². The van der Waals surface area contributed by atoms with Gasteiger partial charge in [-0.2, -0.15) is 0 Å². The Morgan fingerprint density at radius 1 is 1.09 bits per heavy atom. The molecule has 7 nitrogen and oxygen atoms in total. The number of anilines is 1. The fourth-order valence-electron chi connectivity index (χ4n) is 4.39. The summed E-state index contributed by atoms with van der Waals surface area (Å²) >= 11 is 0. The number of nitrogens with one attached hydrogen (secondary N) is 2. The Balaban J connectivity index is 1.62. The van der Waals surface area contributed by atoms with Gasteiger partial charge >= 0.3 is 5.97 Å². The molecule has 0 saturated heterocycles. The van der Waals surface area contributed by atoms with Crippen LogP contribution in [0, 0.1) is 6.92 Å². The zero-order valence-corrected chi connectivity index (χ0v) is 18.6. The third-order valence-electron chi connectivity index (χ3n) is 6.07. The monoisotopic (exact) mass is 454 g/mol. The average molecular weight is 454 g/mol. The number of aromatic carboxylic acids is 1. The summed E-state index contributed by atoms with van der Waals surface area (Å²) in [7, 11) is 0. The van der Waals surface area contributed by atoms with Gasteiger partial charge in [-0.1, -0.05) is 24.3 Å². The fraction of sp³-hybridized carbons (Fsp3) is 0.148. The molecule has 5 rings (SSSR count). The number of hydrogen-bond acceptors (Lipinski definition) is 5. The molecular weight excluding hydrogens is 432 g/mol. The largest absolute Gasteiger partial charge is 0.478 e. The first-order valence-corrected chi connectivity index (χ1v) is 10.9. The number of benzene rings is 3. The standard InChI is InChI=1S/C27H22N2O5/c1-14-9-20(15(2)29-22-6-4-3-5-19(22)27(32)33)25-21(10-14)23(30)12-24(34-25)16-7-8-18-17(11-16)13-28-26(18)31/h3-12,15,29H,13H2,1-2H3,(H,28,31)(H,32,33). The average Bonchev–Trinajstić information content (AvgIpc) is 3.19. The summed E-state index contributed by atoms with van der Waals surface area (Å²) in [6.07, 6.45) is 0. The minimum absolute atomic E-state index is 0.110. The topological polar surface area (TPSA) is 109 Å². The van der Waals surface area contributed by atoms with Gasteiger partial charge in [0.1, 0.15) is 11.3 Å². The highest BCUT2D eigenvalue weighted by molar-refractivity contribution is 5.99. The molecule has 2 heterocycles. The van der Waals surface area contributed by atoms with Crippen molar-refractivity contribution in [3.8, 4) is 11.3 Å². The van der Waals surface area contributed by atoms with Gasteiger partial charge in [-0.3, -0.25) is 9.59 Å². The summed E-state index contributed by atoms with van der Waals surface area (Å²) in [4.78, 5) is 36.6. The summed E-state index contributed by atoms with van der Waals surface area (Å²) in [6.45, 7) is 4.24. The van der Waals surface area contributed by atoms with E-state index in [1.54, 1.807) is 36.4 Å². The smallest absolute Gasteiger partial charge is 0.337 e. The van der Waals surface area contributed by atoms with Crippen LogP contribution >= 0.6 is 0 Å². The van der Waals surface area contributed by atoms with Gasteiger partial charge in [0.2, 0.25) is 0 Å². The lowest BCUT2D eigenvalue weighted by Crippen LogP contribution is -2.12. The molecule has 1 aromatic heterocycles. The van der Waals surface area contributed by atoms with Gasteiger partial charge in [-0.25, -0.2) is 4.79 Å². The molecule has 0 bridgehead atoms. The van der Waals surface area contributed by atoms with Gasteiger partial charge in [-0.05, 0) is 55.3 Å². The van der Waals surface area contributed by atoms with Crippen LogP contribution in [-0.2, 0) is 6.54 Å². The zero-order chi connectivity index (χ0) is 24.0. The third kappa shape index (κ3) is 3.71. The van der Waals surface area contributed by atoms with Crippen molar-refractivity contribution in [2.45, 2.75) is 26.4 Å². The SMILES string of the molecule is Cc1cc(C(C)Nc2ccccc2C(=O)O)c2oc(-c3ccc4c(c3)CNC4=O)cc(=O)c2c1. The normalized spacial score (nSPS) is 13.4. The molecule has 1 unspecified atom stereocenters. The van der Waals surface area contributed by atoms with E-state index in [1.165, 1.54) is 12.1 Å². The minimum atomic E-state index is -1.03. The van der Waals surface area contributed by atoms with E-state index in [9.17, 15) is 19.5 Å². The van der Waals surface area contributed by atoms with E-state index in [0.29, 0.717) is 40.1 Å². The van der Waals surface area contributed by atoms with Crippen LogP contribution in [0.4, 0.5) is 5.69 Å². The van der Waals surface area contributed by atoms with Crippen LogP contribution in [0.3, 0.4) is 0 Å². The van der Waals surface area contributed by atoms with Crippen LogP contribution in [0.25, 0.3) is 22.3 Å². The second-order valence-electron chi connectivity index (χ2n) is 8.48. The predicted molar refractivity (Wildman–Crippen MR) is 129 cm³/mol. The summed E-state index contributed by atoms with van der Waals surface area (Å²) in [5, 5.41) is 16.0. The van der Waals surface area contributed by atoms with Crippen molar-refractivity contribution in [3.05, 3.63) is 98.7 Å². The molecule has 1 amide bonds. The Labute approximate surface area is 195 Å². The highest BCUT2D eigenvalue weighted by Crippen LogP contribution is 2.32. The lowest BCUT2D eigenvalue weighted by Gasteiger charge is -2.19. The maximum atomic E-state index is 13.1. The molecule has 0 spiro atoms. The molecule has 0 aliphatic carbocycles. The molecule has 170 valence electrons. The van der Waals surface area contributed by atoms with Crippen LogP contribution in [0.2, 0.25) is 0 Å². The Kier molecular flexibility index (Phi) is 5.17. The molecule has 0 saturated carbocycles. The minimum Gasteiger partial charge on any atom is -0.478 e. The molecule has 0 radical (unpaired) electrons.